The molecule has 0 unspecified atom stereocenters. The van der Waals surface area contributed by atoms with Crippen molar-refractivity contribution in [3.8, 4) is 5.75 Å². The van der Waals surface area contributed by atoms with Crippen LogP contribution in [0.25, 0.3) is 0 Å². The molecule has 0 bridgehead atoms. The van der Waals surface area contributed by atoms with E-state index in [-0.39, 0.29) is 26.1 Å². The molecule has 9 heteroatoms. The summed E-state index contributed by atoms with van der Waals surface area (Å²) in [6.45, 7) is 2.85. The molecule has 1 aliphatic heterocycles. The Morgan fingerprint density at radius 1 is 1.58 bits per heavy atom. The Hall–Kier alpha value is -1.74. The average molecular weight is 345 g/mol. The van der Waals surface area contributed by atoms with Gasteiger partial charge in [0.2, 0.25) is 0 Å². The molecule has 1 aliphatic carbocycles. The molecule has 1 amide bonds. The van der Waals surface area contributed by atoms with Crippen molar-refractivity contribution in [3.05, 3.63) is 12.4 Å². The highest BCUT2D eigenvalue weighted by Crippen LogP contribution is 2.44. The minimum Gasteiger partial charge on any atom is -0.482 e. The Labute approximate surface area is 137 Å². The van der Waals surface area contributed by atoms with Crippen LogP contribution in [0.2, 0.25) is 0 Å². The number of aliphatic hydroxyl groups is 1. The minimum absolute atomic E-state index is 0.0762. The summed E-state index contributed by atoms with van der Waals surface area (Å²) in [5, 5.41) is 16.2. The number of carbonyl (C=O) groups excluding carboxylic acids is 1. The van der Waals surface area contributed by atoms with Gasteiger partial charge in [0.1, 0.15) is 11.7 Å². The van der Waals surface area contributed by atoms with E-state index in [9.17, 15) is 18.7 Å². The molecule has 2 fully saturated rings. The summed E-state index contributed by atoms with van der Waals surface area (Å²) in [4.78, 5) is 12.0. The maximum Gasteiger partial charge on any atom is 0.352 e. The molecule has 0 radical (unpaired) electrons. The van der Waals surface area contributed by atoms with Crippen molar-refractivity contribution in [3.63, 3.8) is 0 Å². The normalized spacial score (nSPS) is 26.0. The van der Waals surface area contributed by atoms with Crippen molar-refractivity contribution in [2.45, 2.75) is 56.4 Å². The van der Waals surface area contributed by atoms with Gasteiger partial charge in [-0.25, -0.2) is 0 Å². The SMILES string of the molecule is CCn1cc(O[C@@H]2COC[C@@H]2NC(=O)C(F)(F)C2(O)CCC2)cn1. The lowest BCUT2D eigenvalue weighted by Gasteiger charge is -2.41. The topological polar surface area (TPSA) is 85.6 Å². The number of amides is 1. The van der Waals surface area contributed by atoms with Gasteiger partial charge in [0.05, 0.1) is 31.6 Å². The van der Waals surface area contributed by atoms with Crippen molar-refractivity contribution < 1.29 is 28.2 Å². The van der Waals surface area contributed by atoms with Gasteiger partial charge in [-0.1, -0.05) is 0 Å². The number of carbonyl (C=O) groups is 1. The molecular formula is C15H21F2N3O4. The summed E-state index contributed by atoms with van der Waals surface area (Å²) in [7, 11) is 0. The number of halogens is 2. The second-order valence-corrected chi connectivity index (χ2v) is 6.26. The number of alkyl halides is 2. The molecule has 24 heavy (non-hydrogen) atoms. The van der Waals surface area contributed by atoms with Gasteiger partial charge in [0, 0.05) is 6.54 Å². The molecule has 1 saturated carbocycles. The molecule has 134 valence electrons. The van der Waals surface area contributed by atoms with Crippen molar-refractivity contribution in [1.29, 1.82) is 0 Å². The first kappa shape index (κ1) is 17.1. The lowest BCUT2D eigenvalue weighted by atomic mass is 9.75. The van der Waals surface area contributed by atoms with Crippen LogP contribution in [0, 0.1) is 0 Å². The van der Waals surface area contributed by atoms with Crippen LogP contribution in [-0.4, -0.2) is 57.7 Å². The number of rotatable bonds is 6. The van der Waals surface area contributed by atoms with E-state index in [0.717, 1.165) is 0 Å². The van der Waals surface area contributed by atoms with E-state index < -0.39 is 29.6 Å². The molecule has 2 atom stereocenters. The third-order valence-electron chi connectivity index (χ3n) is 4.62. The van der Waals surface area contributed by atoms with Gasteiger partial charge in [-0.05, 0) is 26.2 Å². The van der Waals surface area contributed by atoms with E-state index in [0.29, 0.717) is 18.7 Å². The van der Waals surface area contributed by atoms with Gasteiger partial charge in [-0.15, -0.1) is 0 Å². The lowest BCUT2D eigenvalue weighted by Crippen LogP contribution is -2.62. The third kappa shape index (κ3) is 2.98. The van der Waals surface area contributed by atoms with Crippen LogP contribution in [0.3, 0.4) is 0 Å². The van der Waals surface area contributed by atoms with Gasteiger partial charge < -0.3 is 19.9 Å². The summed E-state index contributed by atoms with van der Waals surface area (Å²) >= 11 is 0. The van der Waals surface area contributed by atoms with Crippen molar-refractivity contribution in [2.75, 3.05) is 13.2 Å². The zero-order valence-electron chi connectivity index (χ0n) is 13.4. The van der Waals surface area contributed by atoms with Gasteiger partial charge in [-0.2, -0.15) is 13.9 Å². The maximum absolute atomic E-state index is 14.1. The monoisotopic (exact) mass is 345 g/mol. The van der Waals surface area contributed by atoms with Crippen LogP contribution in [0.15, 0.2) is 12.4 Å². The predicted molar refractivity (Wildman–Crippen MR) is 78.8 cm³/mol. The summed E-state index contributed by atoms with van der Waals surface area (Å²) in [5.74, 6) is -4.83. The minimum atomic E-state index is -3.83. The number of ether oxygens (including phenoxy) is 2. The molecule has 0 spiro atoms. The summed E-state index contributed by atoms with van der Waals surface area (Å²) in [5.41, 5.74) is -2.24. The quantitative estimate of drug-likeness (QED) is 0.793. The fourth-order valence-corrected chi connectivity index (χ4v) is 2.83. The van der Waals surface area contributed by atoms with E-state index >= 15 is 0 Å². The largest absolute Gasteiger partial charge is 0.482 e. The fraction of sp³-hybridized carbons (Fsp3) is 0.733. The Balaban J connectivity index is 1.62. The smallest absolute Gasteiger partial charge is 0.352 e. The molecule has 0 aromatic carbocycles. The van der Waals surface area contributed by atoms with E-state index in [2.05, 4.69) is 10.4 Å². The van der Waals surface area contributed by atoms with Gasteiger partial charge in [0.25, 0.3) is 5.91 Å². The average Bonchev–Trinajstić information content (AvgIpc) is 3.14. The van der Waals surface area contributed by atoms with E-state index in [1.54, 1.807) is 10.9 Å². The number of hydrogen-bond donors (Lipinski definition) is 2. The van der Waals surface area contributed by atoms with E-state index in [4.69, 9.17) is 9.47 Å². The van der Waals surface area contributed by atoms with Crippen molar-refractivity contribution in [1.82, 2.24) is 15.1 Å². The van der Waals surface area contributed by atoms with E-state index in [1.165, 1.54) is 6.20 Å². The fourth-order valence-electron chi connectivity index (χ4n) is 2.83. The maximum atomic E-state index is 14.1. The standard InChI is InChI=1S/C15H21F2N3O4/c1-2-20-7-10(6-18-20)24-12-9-23-8-11(12)19-13(21)15(16,17)14(22)4-3-5-14/h6-7,11-12,22H,2-5,8-9H2,1H3,(H,19,21)/t11-,12+/m0/s1. The molecule has 7 nitrogen and oxygen atoms in total. The predicted octanol–water partition coefficient (Wildman–Crippen LogP) is 0.716. The highest BCUT2D eigenvalue weighted by atomic mass is 19.3. The summed E-state index contributed by atoms with van der Waals surface area (Å²) in [6, 6.07) is -0.711. The van der Waals surface area contributed by atoms with E-state index in [1.807, 2.05) is 6.92 Å². The first-order valence-corrected chi connectivity index (χ1v) is 8.04. The van der Waals surface area contributed by atoms with Crippen LogP contribution in [0.4, 0.5) is 8.78 Å². The molecular weight excluding hydrogens is 324 g/mol. The molecule has 1 aromatic heterocycles. The lowest BCUT2D eigenvalue weighted by molar-refractivity contribution is -0.216. The number of aromatic nitrogens is 2. The first-order chi connectivity index (χ1) is 11.4. The van der Waals surface area contributed by atoms with Crippen molar-refractivity contribution >= 4 is 5.91 Å². The van der Waals surface area contributed by atoms with Crippen molar-refractivity contribution in [2.24, 2.45) is 0 Å². The second kappa shape index (κ2) is 6.29. The van der Waals surface area contributed by atoms with Gasteiger partial charge in [-0.3, -0.25) is 9.48 Å². The molecule has 2 heterocycles. The second-order valence-electron chi connectivity index (χ2n) is 6.26. The third-order valence-corrected chi connectivity index (χ3v) is 4.62. The van der Waals surface area contributed by atoms with Crippen LogP contribution in [0.5, 0.6) is 5.75 Å². The molecule has 2 aliphatic rings. The van der Waals surface area contributed by atoms with Crippen LogP contribution >= 0.6 is 0 Å². The Kier molecular flexibility index (Phi) is 4.48. The molecule has 2 N–H and O–H groups in total. The summed E-state index contributed by atoms with van der Waals surface area (Å²) in [6.07, 6.45) is 2.94. The Morgan fingerprint density at radius 3 is 2.92 bits per heavy atom. The summed E-state index contributed by atoms with van der Waals surface area (Å²) < 4.78 is 40.9. The number of nitrogens with one attached hydrogen (secondary N) is 1. The molecule has 1 aromatic rings. The number of hydrogen-bond acceptors (Lipinski definition) is 5. The van der Waals surface area contributed by atoms with Gasteiger partial charge in [0.15, 0.2) is 5.75 Å². The zero-order chi connectivity index (χ0) is 17.4. The Morgan fingerprint density at radius 2 is 2.33 bits per heavy atom. The Bertz CT molecular complexity index is 603. The highest BCUT2D eigenvalue weighted by molar-refractivity contribution is 5.85. The first-order valence-electron chi connectivity index (χ1n) is 8.04. The number of nitrogens with zero attached hydrogens (tertiary/aromatic N) is 2. The van der Waals surface area contributed by atoms with Crippen LogP contribution in [0.1, 0.15) is 26.2 Å². The van der Waals surface area contributed by atoms with Gasteiger partial charge >= 0.3 is 5.92 Å². The number of aryl methyl sites for hydroxylation is 1. The molecule has 3 rings (SSSR count). The zero-order valence-corrected chi connectivity index (χ0v) is 13.4. The highest BCUT2D eigenvalue weighted by Gasteiger charge is 2.61. The van der Waals surface area contributed by atoms with Crippen LogP contribution < -0.4 is 10.1 Å². The molecule has 1 saturated heterocycles. The van der Waals surface area contributed by atoms with Crippen LogP contribution in [-0.2, 0) is 16.1 Å².